The van der Waals surface area contributed by atoms with Gasteiger partial charge in [0.2, 0.25) is 6.54 Å². The number of carbonyl (C=O) groups is 2. The third-order valence-corrected chi connectivity index (χ3v) is 3.45. The van der Waals surface area contributed by atoms with Crippen molar-refractivity contribution in [2.45, 2.75) is 19.8 Å². The Balaban J connectivity index is 3.19. The maximum Gasteiger partial charge on any atom is 0.211 e. The molecule has 0 heterocycles. The van der Waals surface area contributed by atoms with Crippen LogP contribution >= 0.6 is 15.9 Å². The molecular weight excluding hydrogens is 314 g/mol. The normalized spacial score (nSPS) is 12.2. The highest BCUT2D eigenvalue weighted by atomic mass is 79.9. The number of benzene rings is 1. The van der Waals surface area contributed by atoms with Gasteiger partial charge in [-0.1, -0.05) is 28.1 Å². The average Bonchev–Trinajstić information content (AvgIpc) is 2.27. The van der Waals surface area contributed by atoms with E-state index in [2.05, 4.69) is 15.9 Å². The number of nitrogens with zero attached hydrogens (tertiary/aromatic N) is 1. The Bertz CT molecular complexity index is 484. The molecule has 0 fully saturated rings. The molecule has 0 amide bonds. The molecule has 0 aliphatic heterocycles. The molecule has 5 nitrogen and oxygen atoms in total. The molecule has 0 aromatic heterocycles. The van der Waals surface area contributed by atoms with E-state index in [9.17, 15) is 19.7 Å². The first-order valence-electron chi connectivity index (χ1n) is 5.71. The van der Waals surface area contributed by atoms with Crippen molar-refractivity contribution in [3.8, 4) is 0 Å². The first-order valence-corrected chi connectivity index (χ1v) is 6.50. The number of rotatable bonds is 6. The largest absolute Gasteiger partial charge is 0.299 e. The maximum absolute atomic E-state index is 11.6. The quantitative estimate of drug-likeness (QED) is 0.457. The topological polar surface area (TPSA) is 77.3 Å². The van der Waals surface area contributed by atoms with Crippen molar-refractivity contribution in [1.82, 2.24) is 0 Å². The van der Waals surface area contributed by atoms with Crippen LogP contribution in [0.2, 0.25) is 0 Å². The van der Waals surface area contributed by atoms with Crippen LogP contribution in [-0.2, 0) is 9.59 Å². The SMILES string of the molecule is CC(=O)C(C(C)=O)[C@@H](C[N+](=O)[O-])c1ccc(Br)cc1. The van der Waals surface area contributed by atoms with E-state index in [1.54, 1.807) is 24.3 Å². The Morgan fingerprint density at radius 2 is 1.68 bits per heavy atom. The summed E-state index contributed by atoms with van der Waals surface area (Å²) in [6.07, 6.45) is 0. The molecule has 0 radical (unpaired) electrons. The molecule has 0 bridgehead atoms. The Morgan fingerprint density at radius 1 is 1.21 bits per heavy atom. The van der Waals surface area contributed by atoms with Gasteiger partial charge in [0.1, 0.15) is 11.6 Å². The number of hydrogen-bond acceptors (Lipinski definition) is 4. The van der Waals surface area contributed by atoms with E-state index in [1.165, 1.54) is 13.8 Å². The molecule has 1 aromatic carbocycles. The summed E-state index contributed by atoms with van der Waals surface area (Å²) < 4.78 is 0.832. The Kier molecular flexibility index (Phi) is 5.35. The summed E-state index contributed by atoms with van der Waals surface area (Å²) in [6, 6.07) is 6.85. The Morgan fingerprint density at radius 3 is 2.05 bits per heavy atom. The van der Waals surface area contributed by atoms with Gasteiger partial charge in [0, 0.05) is 9.40 Å². The monoisotopic (exact) mass is 327 g/mol. The second kappa shape index (κ2) is 6.56. The van der Waals surface area contributed by atoms with E-state index in [-0.39, 0.29) is 11.6 Å². The van der Waals surface area contributed by atoms with Crippen molar-refractivity contribution in [1.29, 1.82) is 0 Å². The fourth-order valence-corrected chi connectivity index (χ4v) is 2.39. The number of Topliss-reactive ketones (excluding diaryl/α,β-unsaturated/α-hetero) is 2. The lowest BCUT2D eigenvalue weighted by Gasteiger charge is -2.20. The predicted octanol–water partition coefficient (Wildman–Crippen LogP) is 2.60. The van der Waals surface area contributed by atoms with Gasteiger partial charge in [0.25, 0.3) is 0 Å². The van der Waals surface area contributed by atoms with Gasteiger partial charge in [-0.05, 0) is 31.5 Å². The first kappa shape index (κ1) is 15.5. The molecular formula is C13H14BrNO4. The lowest BCUT2D eigenvalue weighted by atomic mass is 9.81. The van der Waals surface area contributed by atoms with Crippen molar-refractivity contribution in [3.63, 3.8) is 0 Å². The molecule has 1 atom stereocenters. The van der Waals surface area contributed by atoms with Crippen molar-refractivity contribution >= 4 is 27.5 Å². The van der Waals surface area contributed by atoms with Crippen molar-refractivity contribution in [2.75, 3.05) is 6.54 Å². The van der Waals surface area contributed by atoms with Gasteiger partial charge < -0.3 is 0 Å². The minimum Gasteiger partial charge on any atom is -0.299 e. The van der Waals surface area contributed by atoms with Crippen molar-refractivity contribution in [3.05, 3.63) is 44.4 Å². The predicted molar refractivity (Wildman–Crippen MR) is 73.6 cm³/mol. The fourth-order valence-electron chi connectivity index (χ4n) is 2.13. The highest BCUT2D eigenvalue weighted by Gasteiger charge is 2.34. The highest BCUT2D eigenvalue weighted by Crippen LogP contribution is 2.28. The molecule has 1 aromatic rings. The molecule has 0 spiro atoms. The van der Waals surface area contributed by atoms with Gasteiger partial charge in [-0.2, -0.15) is 0 Å². The second-order valence-corrected chi connectivity index (χ2v) is 5.29. The summed E-state index contributed by atoms with van der Waals surface area (Å²) >= 11 is 3.27. The molecule has 0 unspecified atom stereocenters. The van der Waals surface area contributed by atoms with E-state index in [0.29, 0.717) is 5.56 Å². The van der Waals surface area contributed by atoms with E-state index in [0.717, 1.165) is 4.47 Å². The fraction of sp³-hybridized carbons (Fsp3) is 0.385. The molecule has 0 aliphatic rings. The summed E-state index contributed by atoms with van der Waals surface area (Å²) in [5.74, 6) is -2.38. The third kappa shape index (κ3) is 4.24. The molecule has 0 aliphatic carbocycles. The summed E-state index contributed by atoms with van der Waals surface area (Å²) in [5, 5.41) is 10.8. The highest BCUT2D eigenvalue weighted by molar-refractivity contribution is 9.10. The number of nitro groups is 1. The zero-order chi connectivity index (χ0) is 14.6. The maximum atomic E-state index is 11.6. The summed E-state index contributed by atoms with van der Waals surface area (Å²) in [4.78, 5) is 33.5. The van der Waals surface area contributed by atoms with Crippen molar-refractivity contribution in [2.24, 2.45) is 5.92 Å². The van der Waals surface area contributed by atoms with Crippen LogP contribution in [0.25, 0.3) is 0 Å². The van der Waals surface area contributed by atoms with Crippen LogP contribution < -0.4 is 0 Å². The zero-order valence-corrected chi connectivity index (χ0v) is 12.2. The van der Waals surface area contributed by atoms with Gasteiger partial charge in [-0.15, -0.1) is 0 Å². The van der Waals surface area contributed by atoms with Crippen LogP contribution in [-0.4, -0.2) is 23.0 Å². The van der Waals surface area contributed by atoms with Crippen LogP contribution in [0.5, 0.6) is 0 Å². The van der Waals surface area contributed by atoms with Gasteiger partial charge >= 0.3 is 0 Å². The first-order chi connectivity index (χ1) is 8.82. The Hall–Kier alpha value is -1.56. The summed E-state index contributed by atoms with van der Waals surface area (Å²) in [6.45, 7) is 2.14. The average molecular weight is 328 g/mol. The van der Waals surface area contributed by atoms with Crippen LogP contribution in [0.15, 0.2) is 28.7 Å². The number of hydrogen-bond donors (Lipinski definition) is 0. The molecule has 102 valence electrons. The number of ketones is 2. The lowest BCUT2D eigenvalue weighted by Crippen LogP contribution is -2.31. The summed E-state index contributed by atoms with van der Waals surface area (Å²) in [5.41, 5.74) is 0.621. The van der Waals surface area contributed by atoms with Gasteiger partial charge in [0.15, 0.2) is 0 Å². The molecule has 0 saturated carbocycles. The van der Waals surface area contributed by atoms with Crippen LogP contribution in [0.4, 0.5) is 0 Å². The van der Waals surface area contributed by atoms with E-state index in [1.807, 2.05) is 0 Å². The second-order valence-electron chi connectivity index (χ2n) is 4.37. The minimum atomic E-state index is -0.966. The minimum absolute atomic E-state index is 0.345. The molecule has 1 rings (SSSR count). The molecule has 0 N–H and O–H groups in total. The van der Waals surface area contributed by atoms with E-state index >= 15 is 0 Å². The van der Waals surface area contributed by atoms with Gasteiger partial charge in [-0.3, -0.25) is 19.7 Å². The Labute approximate surface area is 119 Å². The van der Waals surface area contributed by atoms with Gasteiger partial charge in [-0.25, -0.2) is 0 Å². The third-order valence-electron chi connectivity index (χ3n) is 2.92. The number of halogens is 1. The van der Waals surface area contributed by atoms with E-state index in [4.69, 9.17) is 0 Å². The van der Waals surface area contributed by atoms with Gasteiger partial charge in [0.05, 0.1) is 11.8 Å². The van der Waals surface area contributed by atoms with Crippen LogP contribution in [0.3, 0.4) is 0 Å². The molecule has 19 heavy (non-hydrogen) atoms. The number of carbonyl (C=O) groups excluding carboxylic acids is 2. The summed E-state index contributed by atoms with van der Waals surface area (Å²) in [7, 11) is 0. The lowest BCUT2D eigenvalue weighted by molar-refractivity contribution is -0.484. The van der Waals surface area contributed by atoms with Crippen molar-refractivity contribution < 1.29 is 14.5 Å². The van der Waals surface area contributed by atoms with Crippen LogP contribution in [0.1, 0.15) is 25.3 Å². The zero-order valence-electron chi connectivity index (χ0n) is 10.6. The molecule has 6 heteroatoms. The standard InChI is InChI=1S/C13H14BrNO4/c1-8(16)13(9(2)17)12(7-15(18)19)10-3-5-11(14)6-4-10/h3-6,12-13H,7H2,1-2H3/t12-/m0/s1. The molecule has 0 saturated heterocycles. The smallest absolute Gasteiger partial charge is 0.211 e. The van der Waals surface area contributed by atoms with E-state index < -0.39 is 23.3 Å². The van der Waals surface area contributed by atoms with Crippen LogP contribution in [0, 0.1) is 16.0 Å².